The van der Waals surface area contributed by atoms with Crippen LogP contribution in [0.2, 0.25) is 0 Å². The van der Waals surface area contributed by atoms with Crippen molar-refractivity contribution in [2.75, 3.05) is 39.6 Å². The van der Waals surface area contributed by atoms with Gasteiger partial charge in [0.25, 0.3) is 0 Å². The predicted octanol–water partition coefficient (Wildman–Crippen LogP) is 11.0. The molecule has 3 atom stereocenters. The van der Waals surface area contributed by atoms with Crippen LogP contribution >= 0.6 is 63.7 Å². The first-order valence-electron chi connectivity index (χ1n) is 18.1. The molecule has 3 unspecified atom stereocenters. The largest absolute Gasteiger partial charge is 0.490 e. The predicted molar refractivity (Wildman–Crippen MR) is 227 cm³/mol. The molecule has 2 saturated heterocycles. The van der Waals surface area contributed by atoms with E-state index in [4.69, 9.17) is 28.4 Å². The summed E-state index contributed by atoms with van der Waals surface area (Å²) in [6.45, 7) is 20.0. The van der Waals surface area contributed by atoms with E-state index in [1.54, 1.807) is 0 Å². The Morgan fingerprint density at radius 3 is 1.17 bits per heavy atom. The molecule has 4 aromatic carbocycles. The lowest BCUT2D eigenvalue weighted by atomic mass is 9.76. The van der Waals surface area contributed by atoms with E-state index in [1.807, 2.05) is 0 Å². The van der Waals surface area contributed by atoms with Crippen LogP contribution in [0.3, 0.4) is 0 Å². The van der Waals surface area contributed by atoms with Crippen molar-refractivity contribution in [2.45, 2.75) is 84.5 Å². The molecule has 7 nitrogen and oxygen atoms in total. The maximum Gasteiger partial charge on any atom is 0.147 e. The minimum atomic E-state index is -0.852. The Morgan fingerprint density at radius 1 is 0.537 bits per heavy atom. The highest BCUT2D eigenvalue weighted by molar-refractivity contribution is 9.11. The summed E-state index contributed by atoms with van der Waals surface area (Å²) in [6, 6.07) is 17.1. The molecule has 2 aliphatic rings. The minimum Gasteiger partial charge on any atom is -0.490 e. The Bertz CT molecular complexity index is 1780. The molecule has 0 radical (unpaired) electrons. The summed E-state index contributed by atoms with van der Waals surface area (Å²) in [7, 11) is 0. The lowest BCUT2D eigenvalue weighted by Crippen LogP contribution is -2.26. The van der Waals surface area contributed by atoms with Crippen LogP contribution in [0.15, 0.2) is 66.4 Å². The fraction of sp³-hybridized carbons (Fsp3) is 0.442. The maximum atomic E-state index is 11.0. The Balaban J connectivity index is 1.08. The van der Waals surface area contributed by atoms with Gasteiger partial charge in [0.2, 0.25) is 0 Å². The van der Waals surface area contributed by atoms with Crippen LogP contribution in [-0.2, 0) is 20.3 Å². The summed E-state index contributed by atoms with van der Waals surface area (Å²) in [4.78, 5) is 0. The van der Waals surface area contributed by atoms with Crippen molar-refractivity contribution in [3.63, 3.8) is 0 Å². The monoisotopic (exact) mass is 992 g/mol. The second-order valence-corrected chi connectivity index (χ2v) is 18.9. The third kappa shape index (κ3) is 9.52. The number of halogens is 4. The summed E-state index contributed by atoms with van der Waals surface area (Å²) in [5.41, 5.74) is 8.26. The van der Waals surface area contributed by atoms with Crippen molar-refractivity contribution in [3.05, 3.63) is 111 Å². The molecule has 0 aromatic heterocycles. The molecule has 6 rings (SSSR count). The van der Waals surface area contributed by atoms with Gasteiger partial charge in [0, 0.05) is 10.8 Å². The van der Waals surface area contributed by atoms with Crippen LogP contribution < -0.4 is 18.9 Å². The van der Waals surface area contributed by atoms with E-state index in [-0.39, 0.29) is 36.3 Å². The van der Waals surface area contributed by atoms with E-state index in [0.29, 0.717) is 19.0 Å². The standard InChI is InChI=1S/C43H48Br4O7/c1-23-9-27(42(5,6)28-11-25(3)39(26(4)12-28)53-21-32-19-49-32)10-24(2)38(23)51-17-31(48)18-52-40-34(44)13-29(14-35(40)45)43(7,8)30-15-36(46)41(37(47)16-30)54-22-33-20-50-33/h9-16,31-33,48H,17-22H2,1-8H3. The molecule has 0 spiro atoms. The number of epoxide rings is 2. The first-order chi connectivity index (χ1) is 25.4. The van der Waals surface area contributed by atoms with Crippen molar-refractivity contribution in [3.8, 4) is 23.0 Å². The highest BCUT2D eigenvalue weighted by Crippen LogP contribution is 2.45. The molecule has 54 heavy (non-hydrogen) atoms. The molecule has 2 heterocycles. The average molecular weight is 996 g/mol. The summed E-state index contributed by atoms with van der Waals surface area (Å²) < 4.78 is 38.4. The van der Waals surface area contributed by atoms with Gasteiger partial charge in [-0.05, 0) is 160 Å². The van der Waals surface area contributed by atoms with E-state index in [9.17, 15) is 5.11 Å². The third-order valence-electron chi connectivity index (χ3n) is 10.3. The van der Waals surface area contributed by atoms with Gasteiger partial charge >= 0.3 is 0 Å². The molecule has 0 amide bonds. The number of aliphatic hydroxyl groups excluding tert-OH is 1. The molecule has 4 aromatic rings. The van der Waals surface area contributed by atoms with Crippen LogP contribution in [0, 0.1) is 27.7 Å². The van der Waals surface area contributed by atoms with Crippen LogP contribution in [-0.4, -0.2) is 63.1 Å². The van der Waals surface area contributed by atoms with E-state index >= 15 is 0 Å². The molecule has 0 saturated carbocycles. The molecular formula is C43H48Br4O7. The van der Waals surface area contributed by atoms with Gasteiger partial charge in [-0.3, -0.25) is 0 Å². The molecular weight excluding hydrogens is 948 g/mol. The summed E-state index contributed by atoms with van der Waals surface area (Å²) in [5, 5.41) is 11.0. The highest BCUT2D eigenvalue weighted by atomic mass is 79.9. The third-order valence-corrected chi connectivity index (χ3v) is 12.6. The number of ether oxygens (including phenoxy) is 6. The lowest BCUT2D eigenvalue weighted by molar-refractivity contribution is 0.0616. The number of hydrogen-bond donors (Lipinski definition) is 1. The molecule has 2 aliphatic heterocycles. The summed E-state index contributed by atoms with van der Waals surface area (Å²) >= 11 is 14.9. The topological polar surface area (TPSA) is 82.2 Å². The zero-order chi connectivity index (χ0) is 39.1. The molecule has 11 heteroatoms. The SMILES string of the molecule is Cc1cc(C(C)(C)c2cc(C)c(OCC3CO3)c(C)c2)cc(C)c1OCC(O)COc1c(Br)cc(C(C)(C)c2cc(Br)c(OCC3CO3)c(Br)c2)cc1Br. The average Bonchev–Trinajstić information content (AvgIpc) is 4.03. The first-order valence-corrected chi connectivity index (χ1v) is 21.3. The molecule has 1 N–H and O–H groups in total. The number of aliphatic hydroxyl groups is 1. The number of rotatable bonds is 16. The van der Waals surface area contributed by atoms with Gasteiger partial charge in [-0.15, -0.1) is 0 Å². The highest BCUT2D eigenvalue weighted by Gasteiger charge is 2.30. The molecule has 2 fully saturated rings. The van der Waals surface area contributed by atoms with Gasteiger partial charge in [-0.1, -0.05) is 52.0 Å². The quantitative estimate of drug-likeness (QED) is 0.112. The maximum absolute atomic E-state index is 11.0. The van der Waals surface area contributed by atoms with Gasteiger partial charge < -0.3 is 33.5 Å². The molecule has 0 aliphatic carbocycles. The van der Waals surface area contributed by atoms with Gasteiger partial charge in [-0.25, -0.2) is 0 Å². The van der Waals surface area contributed by atoms with Gasteiger partial charge in [-0.2, -0.15) is 0 Å². The number of aryl methyl sites for hydroxylation is 4. The number of hydrogen-bond acceptors (Lipinski definition) is 7. The Kier molecular flexibility index (Phi) is 12.9. The van der Waals surface area contributed by atoms with Crippen molar-refractivity contribution in [1.29, 1.82) is 0 Å². The van der Waals surface area contributed by atoms with E-state index in [0.717, 1.165) is 81.7 Å². The summed E-state index contributed by atoms with van der Waals surface area (Å²) in [6.07, 6.45) is -0.461. The fourth-order valence-corrected chi connectivity index (χ4v) is 9.45. The number of benzene rings is 4. The fourth-order valence-electron chi connectivity index (χ4n) is 6.62. The zero-order valence-electron chi connectivity index (χ0n) is 32.0. The second kappa shape index (κ2) is 16.8. The Labute approximate surface area is 352 Å². The van der Waals surface area contributed by atoms with Crippen LogP contribution in [0.5, 0.6) is 23.0 Å². The van der Waals surface area contributed by atoms with Gasteiger partial charge in [0.1, 0.15) is 67.7 Å². The zero-order valence-corrected chi connectivity index (χ0v) is 38.3. The van der Waals surface area contributed by atoms with E-state index in [2.05, 4.69) is 168 Å². The van der Waals surface area contributed by atoms with Gasteiger partial charge in [0.05, 0.1) is 31.1 Å². The van der Waals surface area contributed by atoms with Crippen molar-refractivity contribution < 1.29 is 33.5 Å². The first kappa shape index (κ1) is 41.5. The minimum absolute atomic E-state index is 0.0580. The van der Waals surface area contributed by atoms with E-state index in [1.165, 1.54) is 11.1 Å². The lowest BCUT2D eigenvalue weighted by Gasteiger charge is -2.29. The smallest absolute Gasteiger partial charge is 0.147 e. The molecule has 0 bridgehead atoms. The van der Waals surface area contributed by atoms with E-state index < -0.39 is 6.10 Å². The Hall–Kier alpha value is -2.12. The van der Waals surface area contributed by atoms with Crippen LogP contribution in [0.4, 0.5) is 0 Å². The van der Waals surface area contributed by atoms with Crippen molar-refractivity contribution >= 4 is 63.7 Å². The van der Waals surface area contributed by atoms with Crippen molar-refractivity contribution in [2.24, 2.45) is 0 Å². The second-order valence-electron chi connectivity index (χ2n) is 15.5. The van der Waals surface area contributed by atoms with Crippen LogP contribution in [0.1, 0.15) is 72.2 Å². The van der Waals surface area contributed by atoms with Gasteiger partial charge in [0.15, 0.2) is 0 Å². The normalized spacial score (nSPS) is 17.3. The molecule has 290 valence electrons. The van der Waals surface area contributed by atoms with Crippen molar-refractivity contribution in [1.82, 2.24) is 0 Å². The summed E-state index contributed by atoms with van der Waals surface area (Å²) in [5.74, 6) is 3.09. The van der Waals surface area contributed by atoms with Crippen LogP contribution in [0.25, 0.3) is 0 Å². The Morgan fingerprint density at radius 2 is 0.815 bits per heavy atom.